The molecule has 1 saturated heterocycles. The number of methoxy groups -OCH3 is 1. The summed E-state index contributed by atoms with van der Waals surface area (Å²) in [6.45, 7) is 8.07. The summed E-state index contributed by atoms with van der Waals surface area (Å²) in [6, 6.07) is 20.0. The van der Waals surface area contributed by atoms with Gasteiger partial charge in [0.1, 0.15) is 5.75 Å². The van der Waals surface area contributed by atoms with Gasteiger partial charge >= 0.3 is 23.9 Å². The van der Waals surface area contributed by atoms with Crippen LogP contribution in [0.4, 0.5) is 0 Å². The Balaban J connectivity index is 0.000000433. The highest BCUT2D eigenvalue weighted by Crippen LogP contribution is 2.28. The molecule has 0 saturated carbocycles. The average molecular weight is 571 g/mol. The summed E-state index contributed by atoms with van der Waals surface area (Å²) in [6.07, 6.45) is 4.50. The van der Waals surface area contributed by atoms with Gasteiger partial charge in [0.25, 0.3) is 0 Å². The molecule has 11 heteroatoms. The van der Waals surface area contributed by atoms with Gasteiger partial charge in [-0.25, -0.2) is 19.2 Å². The van der Waals surface area contributed by atoms with Crippen LogP contribution in [0, 0.1) is 0 Å². The molecule has 0 amide bonds. The molecule has 11 nitrogen and oxygen atoms in total. The lowest BCUT2D eigenvalue weighted by Gasteiger charge is -2.39. The monoisotopic (exact) mass is 570 g/mol. The molecule has 2 aromatic carbocycles. The third-order valence-corrected chi connectivity index (χ3v) is 6.08. The van der Waals surface area contributed by atoms with E-state index in [1.807, 2.05) is 0 Å². The van der Waals surface area contributed by atoms with Gasteiger partial charge in [0.15, 0.2) is 0 Å². The van der Waals surface area contributed by atoms with Crippen molar-refractivity contribution in [2.45, 2.75) is 25.8 Å². The molecule has 1 atom stereocenters. The normalized spacial score (nSPS) is 14.3. The number of hydrogen-bond donors (Lipinski definition) is 4. The van der Waals surface area contributed by atoms with Crippen LogP contribution in [-0.2, 0) is 25.6 Å². The second kappa shape index (κ2) is 19.6. The van der Waals surface area contributed by atoms with Crippen LogP contribution >= 0.6 is 0 Å². The highest BCUT2D eigenvalue weighted by Gasteiger charge is 2.24. The van der Waals surface area contributed by atoms with Gasteiger partial charge in [-0.15, -0.1) is 0 Å². The van der Waals surface area contributed by atoms with Gasteiger partial charge in [0.2, 0.25) is 0 Å². The lowest BCUT2D eigenvalue weighted by molar-refractivity contribution is -0.134. The minimum Gasteiger partial charge on any atom is -0.497 e. The number of carboxylic acids is 4. The number of benzene rings is 2. The number of hydrogen-bond acceptors (Lipinski definition) is 7. The Bertz CT molecular complexity index is 1070. The standard InChI is InChI=1S/C22H30N2O.2C4H4O4/c1-3-23-15-17-24(18-16-23)22(14-9-19-7-5-4-6-8-19)20-10-12-21(25-2)13-11-20;2*5-3(6)1-2-4(7)8/h4-8,10-13,22H,3,9,14-18H2,1-2H3;2*1-2H,(H,5,6)(H,7,8)/b;2*2-1+. The van der Waals surface area contributed by atoms with Crippen molar-refractivity contribution in [1.29, 1.82) is 0 Å². The molecule has 1 unspecified atom stereocenters. The second-order valence-corrected chi connectivity index (χ2v) is 8.80. The lowest BCUT2D eigenvalue weighted by Crippen LogP contribution is -2.47. The van der Waals surface area contributed by atoms with E-state index in [0.717, 1.165) is 38.2 Å². The van der Waals surface area contributed by atoms with Crippen LogP contribution in [-0.4, -0.2) is 93.9 Å². The lowest BCUT2D eigenvalue weighted by atomic mass is 9.96. The van der Waals surface area contributed by atoms with Crippen LogP contribution in [0.25, 0.3) is 0 Å². The van der Waals surface area contributed by atoms with E-state index in [2.05, 4.69) is 71.3 Å². The van der Waals surface area contributed by atoms with E-state index in [1.54, 1.807) is 7.11 Å². The van der Waals surface area contributed by atoms with Crippen LogP contribution < -0.4 is 4.74 Å². The Morgan fingerprint density at radius 3 is 1.61 bits per heavy atom. The van der Waals surface area contributed by atoms with Gasteiger partial charge in [-0.1, -0.05) is 49.4 Å². The van der Waals surface area contributed by atoms with Crippen molar-refractivity contribution in [1.82, 2.24) is 9.80 Å². The van der Waals surface area contributed by atoms with E-state index in [0.29, 0.717) is 30.3 Å². The second-order valence-electron chi connectivity index (χ2n) is 8.80. The maximum Gasteiger partial charge on any atom is 0.328 e. The van der Waals surface area contributed by atoms with E-state index < -0.39 is 23.9 Å². The first-order valence-corrected chi connectivity index (χ1v) is 13.0. The van der Waals surface area contributed by atoms with Crippen molar-refractivity contribution in [2.24, 2.45) is 0 Å². The van der Waals surface area contributed by atoms with Crippen molar-refractivity contribution in [3.63, 3.8) is 0 Å². The Morgan fingerprint density at radius 1 is 0.756 bits per heavy atom. The summed E-state index contributed by atoms with van der Waals surface area (Å²) in [7, 11) is 1.73. The van der Waals surface area contributed by atoms with Crippen LogP contribution in [0.5, 0.6) is 5.75 Å². The quantitative estimate of drug-likeness (QED) is 0.293. The third kappa shape index (κ3) is 15.6. The summed E-state index contributed by atoms with van der Waals surface area (Å²) < 4.78 is 5.33. The van der Waals surface area contributed by atoms with Crippen molar-refractivity contribution < 1.29 is 44.3 Å². The predicted molar refractivity (Wildman–Crippen MR) is 153 cm³/mol. The van der Waals surface area contributed by atoms with Crippen molar-refractivity contribution in [3.8, 4) is 5.75 Å². The fourth-order valence-corrected chi connectivity index (χ4v) is 4.01. The first-order chi connectivity index (χ1) is 19.5. The molecule has 1 heterocycles. The molecular weight excluding hydrogens is 532 g/mol. The summed E-state index contributed by atoms with van der Waals surface area (Å²) in [5.41, 5.74) is 2.83. The number of carbonyl (C=O) groups is 4. The molecule has 1 fully saturated rings. The number of aliphatic carboxylic acids is 4. The molecule has 3 rings (SSSR count). The van der Waals surface area contributed by atoms with Gasteiger partial charge in [-0.05, 0) is 42.6 Å². The number of aryl methyl sites for hydroxylation is 1. The Morgan fingerprint density at radius 2 is 1.22 bits per heavy atom. The third-order valence-electron chi connectivity index (χ3n) is 6.08. The van der Waals surface area contributed by atoms with Crippen LogP contribution in [0.1, 0.15) is 30.5 Å². The molecule has 4 N–H and O–H groups in total. The molecule has 0 bridgehead atoms. The molecule has 0 aliphatic carbocycles. The first-order valence-electron chi connectivity index (χ1n) is 13.0. The number of likely N-dealkylation sites (N-methyl/N-ethyl adjacent to an activating group) is 1. The molecule has 41 heavy (non-hydrogen) atoms. The summed E-state index contributed by atoms with van der Waals surface area (Å²) >= 11 is 0. The van der Waals surface area contributed by atoms with E-state index >= 15 is 0 Å². The predicted octanol–water partition coefficient (Wildman–Crippen LogP) is 3.43. The zero-order chi connectivity index (χ0) is 30.6. The molecule has 0 radical (unpaired) electrons. The largest absolute Gasteiger partial charge is 0.497 e. The zero-order valence-electron chi connectivity index (χ0n) is 23.3. The van der Waals surface area contributed by atoms with Crippen LogP contribution in [0.15, 0.2) is 78.9 Å². The maximum absolute atomic E-state index is 9.55. The topological polar surface area (TPSA) is 165 Å². The van der Waals surface area contributed by atoms with Crippen LogP contribution in [0.2, 0.25) is 0 Å². The van der Waals surface area contributed by atoms with Gasteiger partial charge in [-0.2, -0.15) is 0 Å². The van der Waals surface area contributed by atoms with Crippen molar-refractivity contribution >= 4 is 23.9 Å². The number of rotatable bonds is 11. The summed E-state index contributed by atoms with van der Waals surface area (Å²) in [4.78, 5) is 43.4. The molecule has 0 aromatic heterocycles. The SMILES string of the molecule is CCN1CCN(C(CCc2ccccc2)c2ccc(OC)cc2)CC1.O=C(O)/C=C/C(=O)O.O=C(O)/C=C/C(=O)O. The smallest absolute Gasteiger partial charge is 0.328 e. The van der Waals surface area contributed by atoms with Gasteiger partial charge < -0.3 is 30.1 Å². The van der Waals surface area contributed by atoms with E-state index in [4.69, 9.17) is 25.2 Å². The van der Waals surface area contributed by atoms with E-state index in [9.17, 15) is 19.2 Å². The molecule has 0 spiro atoms. The van der Waals surface area contributed by atoms with Gasteiger partial charge in [-0.3, -0.25) is 4.90 Å². The van der Waals surface area contributed by atoms with Crippen molar-refractivity contribution in [2.75, 3.05) is 39.8 Å². The van der Waals surface area contributed by atoms with Gasteiger partial charge in [0.05, 0.1) is 7.11 Å². The Labute approximate surface area is 239 Å². The Kier molecular flexibility index (Phi) is 16.5. The minimum absolute atomic E-state index is 0.477. The van der Waals surface area contributed by atoms with E-state index in [1.165, 1.54) is 24.2 Å². The summed E-state index contributed by atoms with van der Waals surface area (Å²) in [5, 5.41) is 31.2. The van der Waals surface area contributed by atoms with Crippen molar-refractivity contribution in [3.05, 3.63) is 90.0 Å². The molecule has 1 aliphatic rings. The number of piperazine rings is 1. The Hall–Kier alpha value is -4.48. The number of carboxylic acid groups (broad SMARTS) is 4. The molecule has 1 aliphatic heterocycles. The highest BCUT2D eigenvalue weighted by molar-refractivity contribution is 5.90. The first kappa shape index (κ1) is 34.5. The van der Waals surface area contributed by atoms with E-state index in [-0.39, 0.29) is 0 Å². The summed E-state index contributed by atoms with van der Waals surface area (Å²) in [5.74, 6) is -4.10. The minimum atomic E-state index is -1.26. The van der Waals surface area contributed by atoms with Crippen LogP contribution in [0.3, 0.4) is 0 Å². The highest BCUT2D eigenvalue weighted by atomic mass is 16.5. The maximum atomic E-state index is 9.55. The number of nitrogens with zero attached hydrogens (tertiary/aromatic N) is 2. The molecular formula is C30H38N2O9. The molecule has 2 aromatic rings. The van der Waals surface area contributed by atoms with Gasteiger partial charge in [0, 0.05) is 56.5 Å². The molecule has 222 valence electrons. The fraction of sp³-hybridized carbons (Fsp3) is 0.333. The average Bonchev–Trinajstić information content (AvgIpc) is 2.97. The zero-order valence-corrected chi connectivity index (χ0v) is 23.3. The fourth-order valence-electron chi connectivity index (χ4n) is 4.01. The number of ether oxygens (including phenoxy) is 1.